The molecule has 1 atom stereocenters. The van der Waals surface area contributed by atoms with Crippen LogP contribution in [0.3, 0.4) is 0 Å². The van der Waals surface area contributed by atoms with Gasteiger partial charge in [-0.25, -0.2) is 8.42 Å². The van der Waals surface area contributed by atoms with Crippen LogP contribution in [0.5, 0.6) is 0 Å². The minimum atomic E-state index is -3.54. The molecule has 1 aromatic heterocycles. The number of sulfonamides is 1. The Morgan fingerprint density at radius 2 is 1.96 bits per heavy atom. The molecule has 0 spiro atoms. The summed E-state index contributed by atoms with van der Waals surface area (Å²) in [4.78, 5) is 0.260. The van der Waals surface area contributed by atoms with Crippen LogP contribution in [0.1, 0.15) is 40.2 Å². The van der Waals surface area contributed by atoms with Crippen LogP contribution >= 0.6 is 23.4 Å². The van der Waals surface area contributed by atoms with E-state index in [1.54, 1.807) is 18.2 Å². The molecule has 0 aliphatic heterocycles. The molecular formula is C19H27ClN4O2S2. The van der Waals surface area contributed by atoms with E-state index in [9.17, 15) is 8.42 Å². The molecule has 0 saturated heterocycles. The van der Waals surface area contributed by atoms with Crippen LogP contribution in [0.4, 0.5) is 0 Å². The minimum absolute atomic E-state index is 0.152. The first-order valence-electron chi connectivity index (χ1n) is 9.27. The van der Waals surface area contributed by atoms with Crippen molar-refractivity contribution in [3.8, 4) is 11.4 Å². The van der Waals surface area contributed by atoms with Crippen LogP contribution in [-0.2, 0) is 10.0 Å². The van der Waals surface area contributed by atoms with E-state index in [2.05, 4.69) is 30.6 Å². The molecule has 28 heavy (non-hydrogen) atoms. The Balaban J connectivity index is 2.52. The summed E-state index contributed by atoms with van der Waals surface area (Å²) in [5, 5.41) is 9.94. The van der Waals surface area contributed by atoms with E-state index in [0.29, 0.717) is 29.7 Å². The van der Waals surface area contributed by atoms with E-state index in [1.165, 1.54) is 16.1 Å². The second kappa shape index (κ2) is 9.91. The minimum Gasteiger partial charge on any atom is -0.299 e. The van der Waals surface area contributed by atoms with E-state index in [0.717, 1.165) is 17.1 Å². The third-order valence-corrected chi connectivity index (χ3v) is 7.86. The van der Waals surface area contributed by atoms with Gasteiger partial charge >= 0.3 is 0 Å². The van der Waals surface area contributed by atoms with Gasteiger partial charge in [-0.1, -0.05) is 62.8 Å². The fourth-order valence-corrected chi connectivity index (χ4v) is 5.26. The molecular weight excluding hydrogens is 416 g/mol. The molecule has 2 rings (SSSR count). The summed E-state index contributed by atoms with van der Waals surface area (Å²) in [5.41, 5.74) is 0.720. The second-order valence-corrected chi connectivity index (χ2v) is 9.77. The third kappa shape index (κ3) is 4.97. The average Bonchev–Trinajstić information content (AvgIpc) is 3.10. The fourth-order valence-electron chi connectivity index (χ4n) is 2.80. The lowest BCUT2D eigenvalue weighted by molar-refractivity contribution is 0.445. The van der Waals surface area contributed by atoms with Gasteiger partial charge in [-0.3, -0.25) is 4.57 Å². The van der Waals surface area contributed by atoms with Gasteiger partial charge in [0.15, 0.2) is 11.0 Å². The van der Waals surface area contributed by atoms with E-state index >= 15 is 0 Å². The van der Waals surface area contributed by atoms with Gasteiger partial charge in [0.2, 0.25) is 10.0 Å². The number of hydrogen-bond donors (Lipinski definition) is 0. The summed E-state index contributed by atoms with van der Waals surface area (Å²) in [5.74, 6) is 1.18. The lowest BCUT2D eigenvalue weighted by Gasteiger charge is -2.19. The van der Waals surface area contributed by atoms with Crippen molar-refractivity contribution in [3.05, 3.63) is 35.9 Å². The maximum atomic E-state index is 12.9. The molecule has 1 heterocycles. The molecule has 1 aromatic carbocycles. The normalized spacial score (nSPS) is 13.1. The number of aromatic nitrogens is 3. The van der Waals surface area contributed by atoms with Gasteiger partial charge in [0.05, 0.1) is 4.90 Å². The highest BCUT2D eigenvalue weighted by molar-refractivity contribution is 7.99. The quantitative estimate of drug-likeness (QED) is 0.495. The molecule has 0 radical (unpaired) electrons. The van der Waals surface area contributed by atoms with Crippen molar-refractivity contribution in [2.45, 2.75) is 50.2 Å². The predicted octanol–water partition coefficient (Wildman–Crippen LogP) is 4.79. The van der Waals surface area contributed by atoms with Crippen LogP contribution in [0.15, 0.2) is 45.9 Å². The Labute approximate surface area is 177 Å². The van der Waals surface area contributed by atoms with Gasteiger partial charge in [0.1, 0.15) is 0 Å². The van der Waals surface area contributed by atoms with Crippen molar-refractivity contribution >= 4 is 33.4 Å². The van der Waals surface area contributed by atoms with Crippen molar-refractivity contribution in [3.63, 3.8) is 0 Å². The van der Waals surface area contributed by atoms with E-state index in [-0.39, 0.29) is 10.9 Å². The topological polar surface area (TPSA) is 68.1 Å². The van der Waals surface area contributed by atoms with Crippen LogP contribution in [0.25, 0.3) is 11.4 Å². The monoisotopic (exact) mass is 442 g/mol. The summed E-state index contributed by atoms with van der Waals surface area (Å²) in [6.07, 6.45) is 0.887. The molecule has 0 saturated carbocycles. The summed E-state index contributed by atoms with van der Waals surface area (Å²) in [6, 6.07) is 7.05. The van der Waals surface area contributed by atoms with Gasteiger partial charge in [0, 0.05) is 35.5 Å². The highest BCUT2D eigenvalue weighted by Crippen LogP contribution is 2.31. The fraction of sp³-hybridized carbons (Fsp3) is 0.474. The zero-order valence-electron chi connectivity index (χ0n) is 16.7. The maximum absolute atomic E-state index is 12.9. The van der Waals surface area contributed by atoms with Crippen molar-refractivity contribution in [1.82, 2.24) is 19.1 Å². The lowest BCUT2D eigenvalue weighted by Crippen LogP contribution is -2.30. The molecule has 0 fully saturated rings. The molecule has 9 heteroatoms. The number of hydrogen-bond acceptors (Lipinski definition) is 5. The number of rotatable bonds is 10. The number of benzene rings is 1. The van der Waals surface area contributed by atoms with Crippen molar-refractivity contribution in [2.75, 3.05) is 18.8 Å². The number of thioether (sulfide) groups is 1. The molecule has 0 unspecified atom stereocenters. The molecule has 154 valence electrons. The van der Waals surface area contributed by atoms with Gasteiger partial charge in [-0.2, -0.15) is 4.31 Å². The zero-order valence-corrected chi connectivity index (χ0v) is 19.1. The number of halogens is 1. The van der Waals surface area contributed by atoms with Gasteiger partial charge in [-0.05, 0) is 25.5 Å². The van der Waals surface area contributed by atoms with Crippen molar-refractivity contribution < 1.29 is 8.42 Å². The van der Waals surface area contributed by atoms with Gasteiger partial charge < -0.3 is 0 Å². The Bertz CT molecular complexity index is 924. The summed E-state index contributed by atoms with van der Waals surface area (Å²) >= 11 is 7.37. The largest absolute Gasteiger partial charge is 0.299 e. The smallest absolute Gasteiger partial charge is 0.243 e. The van der Waals surface area contributed by atoms with Crippen LogP contribution in [0, 0.1) is 0 Å². The Kier molecular flexibility index (Phi) is 8.12. The summed E-state index contributed by atoms with van der Waals surface area (Å²) < 4.78 is 29.3. The summed E-state index contributed by atoms with van der Waals surface area (Å²) in [6.45, 7) is 12.4. The number of nitrogens with zero attached hydrogens (tertiary/aromatic N) is 4. The van der Waals surface area contributed by atoms with Crippen LogP contribution < -0.4 is 0 Å². The van der Waals surface area contributed by atoms with Gasteiger partial charge in [-0.15, -0.1) is 10.2 Å². The molecule has 0 bridgehead atoms. The second-order valence-electron chi connectivity index (χ2n) is 6.36. The van der Waals surface area contributed by atoms with Crippen molar-refractivity contribution in [1.29, 1.82) is 0 Å². The average molecular weight is 443 g/mol. The predicted molar refractivity (Wildman–Crippen MR) is 116 cm³/mol. The molecule has 2 aromatic rings. The van der Waals surface area contributed by atoms with Crippen LogP contribution in [-0.4, -0.2) is 46.3 Å². The SMILES string of the molecule is C=C(Cl)CSc1nnc(-c2cccc(S(=O)(=O)N(CC)CC)c2)n1[C@H](C)CC. The molecule has 6 nitrogen and oxygen atoms in total. The Morgan fingerprint density at radius 1 is 1.29 bits per heavy atom. The first kappa shape index (κ1) is 22.9. The van der Waals surface area contributed by atoms with Crippen LogP contribution in [0.2, 0.25) is 0 Å². The Hall–Kier alpha value is -1.35. The van der Waals surface area contributed by atoms with E-state index in [1.807, 2.05) is 24.5 Å². The van der Waals surface area contributed by atoms with Crippen molar-refractivity contribution in [2.24, 2.45) is 0 Å². The highest BCUT2D eigenvalue weighted by atomic mass is 35.5. The zero-order chi connectivity index (χ0) is 20.9. The van der Waals surface area contributed by atoms with E-state index < -0.39 is 10.0 Å². The molecule has 0 aliphatic rings. The first-order chi connectivity index (χ1) is 13.3. The van der Waals surface area contributed by atoms with Gasteiger partial charge in [0.25, 0.3) is 0 Å². The highest BCUT2D eigenvalue weighted by Gasteiger charge is 2.24. The first-order valence-corrected chi connectivity index (χ1v) is 12.1. The molecule has 0 N–H and O–H groups in total. The lowest BCUT2D eigenvalue weighted by atomic mass is 10.2. The standard InChI is InChI=1S/C19H27ClN4O2S2/c1-6-15(5)24-18(21-22-19(24)27-13-14(4)20)16-10-9-11-17(12-16)28(25,26)23(7-2)8-3/h9-12,15H,4,6-8,13H2,1-3,5H3/t15-/m1/s1. The molecule has 0 amide bonds. The summed E-state index contributed by atoms with van der Waals surface area (Å²) in [7, 11) is -3.54. The Morgan fingerprint density at radius 3 is 2.54 bits per heavy atom. The van der Waals surface area contributed by atoms with E-state index in [4.69, 9.17) is 11.6 Å². The maximum Gasteiger partial charge on any atom is 0.243 e. The third-order valence-electron chi connectivity index (χ3n) is 4.49. The molecule has 0 aliphatic carbocycles.